The van der Waals surface area contributed by atoms with E-state index in [1.165, 1.54) is 17.7 Å². The Morgan fingerprint density at radius 3 is 3.09 bits per heavy atom. The van der Waals surface area contributed by atoms with E-state index in [0.717, 1.165) is 45.8 Å². The van der Waals surface area contributed by atoms with Gasteiger partial charge in [-0.05, 0) is 36.6 Å². The van der Waals surface area contributed by atoms with Crippen molar-refractivity contribution in [2.24, 2.45) is 5.92 Å². The molecule has 0 aromatic carbocycles. The molecular formula is C17H27N3O2S. The zero-order valence-corrected chi connectivity index (χ0v) is 14.7. The number of nitrogens with zero attached hydrogens (tertiary/aromatic N) is 2. The highest BCUT2D eigenvalue weighted by atomic mass is 32.1. The van der Waals surface area contributed by atoms with E-state index in [9.17, 15) is 4.79 Å². The molecule has 4 heterocycles. The predicted molar refractivity (Wildman–Crippen MR) is 93.0 cm³/mol. The van der Waals surface area contributed by atoms with Crippen molar-refractivity contribution >= 4 is 17.4 Å². The number of hydrogen-bond acceptors (Lipinski definition) is 4. The number of urea groups is 1. The second-order valence-corrected chi connectivity index (χ2v) is 7.58. The summed E-state index contributed by atoms with van der Waals surface area (Å²) < 4.78 is 5.22. The van der Waals surface area contributed by atoms with Gasteiger partial charge in [0, 0.05) is 50.8 Å². The maximum absolute atomic E-state index is 12.5. The number of hydrogen-bond donors (Lipinski definition) is 1. The number of amides is 2. The molecule has 6 heteroatoms. The average molecular weight is 337 g/mol. The Morgan fingerprint density at radius 2 is 2.30 bits per heavy atom. The summed E-state index contributed by atoms with van der Waals surface area (Å²) in [7, 11) is 1.75. The lowest BCUT2D eigenvalue weighted by Gasteiger charge is -2.35. The number of methoxy groups -OCH3 is 1. The van der Waals surface area contributed by atoms with Gasteiger partial charge in [0.15, 0.2) is 0 Å². The lowest BCUT2D eigenvalue weighted by Crippen LogP contribution is -2.47. The third-order valence-electron chi connectivity index (χ3n) is 4.92. The van der Waals surface area contributed by atoms with E-state index >= 15 is 0 Å². The second-order valence-electron chi connectivity index (χ2n) is 6.55. The van der Waals surface area contributed by atoms with Crippen LogP contribution in [0, 0.1) is 5.92 Å². The molecule has 2 bridgehead atoms. The number of rotatable bonds is 6. The summed E-state index contributed by atoms with van der Waals surface area (Å²) in [5.41, 5.74) is 0. The summed E-state index contributed by atoms with van der Waals surface area (Å²) in [6, 6.07) is 4.78. The quantitative estimate of drug-likeness (QED) is 0.864. The van der Waals surface area contributed by atoms with E-state index in [4.69, 9.17) is 4.74 Å². The van der Waals surface area contributed by atoms with Crippen LogP contribution in [0.5, 0.6) is 0 Å². The fourth-order valence-electron chi connectivity index (χ4n) is 3.69. The normalized spacial score (nSPS) is 24.7. The topological polar surface area (TPSA) is 44.8 Å². The number of carbonyl (C=O) groups excluding carboxylic acids is 1. The van der Waals surface area contributed by atoms with Crippen molar-refractivity contribution in [3.63, 3.8) is 0 Å². The van der Waals surface area contributed by atoms with Gasteiger partial charge >= 0.3 is 6.03 Å². The van der Waals surface area contributed by atoms with Crippen LogP contribution in [0.4, 0.5) is 4.79 Å². The number of nitrogens with one attached hydrogen (secondary N) is 1. The van der Waals surface area contributed by atoms with Gasteiger partial charge in [0.2, 0.25) is 0 Å². The molecule has 4 rings (SSSR count). The van der Waals surface area contributed by atoms with E-state index in [1.807, 2.05) is 4.90 Å². The lowest BCUT2D eigenvalue weighted by atomic mass is 9.95. The zero-order valence-electron chi connectivity index (χ0n) is 13.9. The SMILES string of the molecule is COCCN1C[C@@H]2CC[C@H]1CN(C(=O)NCCc1cccs1)C2. The Hall–Kier alpha value is -1.11. The Balaban J connectivity index is 1.49. The largest absolute Gasteiger partial charge is 0.383 e. The van der Waals surface area contributed by atoms with Crippen molar-refractivity contribution in [2.45, 2.75) is 25.3 Å². The Kier molecular flexibility index (Phi) is 5.91. The number of thiophene rings is 1. The molecule has 3 saturated heterocycles. The molecule has 1 N–H and O–H groups in total. The smallest absolute Gasteiger partial charge is 0.317 e. The minimum Gasteiger partial charge on any atom is -0.383 e. The monoisotopic (exact) mass is 337 g/mol. The highest BCUT2D eigenvalue weighted by Gasteiger charge is 2.36. The summed E-state index contributed by atoms with van der Waals surface area (Å²) in [5, 5.41) is 5.18. The Labute approximate surface area is 142 Å². The molecule has 3 fully saturated rings. The van der Waals surface area contributed by atoms with Crippen molar-refractivity contribution in [2.75, 3.05) is 46.4 Å². The third kappa shape index (κ3) is 4.46. The van der Waals surface area contributed by atoms with Gasteiger partial charge in [-0.2, -0.15) is 0 Å². The molecule has 5 nitrogen and oxygen atoms in total. The minimum absolute atomic E-state index is 0.104. The van der Waals surface area contributed by atoms with Crippen LogP contribution in [0.2, 0.25) is 0 Å². The lowest BCUT2D eigenvalue weighted by molar-refractivity contribution is 0.0874. The fraction of sp³-hybridized carbons (Fsp3) is 0.706. The summed E-state index contributed by atoms with van der Waals surface area (Å²) in [6.07, 6.45) is 3.37. The molecule has 0 unspecified atom stereocenters. The van der Waals surface area contributed by atoms with Crippen molar-refractivity contribution in [3.8, 4) is 0 Å². The standard InChI is InChI=1S/C17H27N3O2S/c1-22-9-8-19-11-14-4-5-15(19)13-20(12-14)17(21)18-7-6-16-3-2-10-23-16/h2-3,10,14-15H,4-9,11-13H2,1H3,(H,18,21)/t14-,15-/m0/s1. The molecule has 0 saturated carbocycles. The van der Waals surface area contributed by atoms with Crippen LogP contribution >= 0.6 is 11.3 Å². The summed E-state index contributed by atoms with van der Waals surface area (Å²) in [5.74, 6) is 0.605. The molecular weight excluding hydrogens is 310 g/mol. The first-order valence-corrected chi connectivity index (χ1v) is 9.42. The highest BCUT2D eigenvalue weighted by Crippen LogP contribution is 2.27. The van der Waals surface area contributed by atoms with E-state index in [-0.39, 0.29) is 6.03 Å². The van der Waals surface area contributed by atoms with Crippen molar-refractivity contribution in [1.29, 1.82) is 0 Å². The first-order chi connectivity index (χ1) is 11.3. The van der Waals surface area contributed by atoms with Gasteiger partial charge in [0.25, 0.3) is 0 Å². The molecule has 0 aliphatic carbocycles. The first kappa shape index (κ1) is 16.7. The predicted octanol–water partition coefficient (Wildman–Crippen LogP) is 2.04. The molecule has 3 aliphatic rings. The van der Waals surface area contributed by atoms with Crippen LogP contribution < -0.4 is 5.32 Å². The number of fused-ring (bicyclic) bond motifs is 4. The van der Waals surface area contributed by atoms with Crippen LogP contribution in [0.1, 0.15) is 17.7 Å². The molecule has 3 aliphatic heterocycles. The molecule has 1 aromatic rings. The fourth-order valence-corrected chi connectivity index (χ4v) is 4.40. The van der Waals surface area contributed by atoms with Crippen molar-refractivity contribution < 1.29 is 9.53 Å². The molecule has 128 valence electrons. The van der Waals surface area contributed by atoms with Crippen LogP contribution in [0.3, 0.4) is 0 Å². The summed E-state index contributed by atoms with van der Waals surface area (Å²) >= 11 is 1.75. The molecule has 0 spiro atoms. The highest BCUT2D eigenvalue weighted by molar-refractivity contribution is 7.09. The second kappa shape index (κ2) is 8.13. The van der Waals surface area contributed by atoms with Crippen LogP contribution in [-0.4, -0.2) is 68.3 Å². The van der Waals surface area contributed by atoms with E-state index in [0.29, 0.717) is 12.0 Å². The number of ether oxygens (including phenoxy) is 1. The van der Waals surface area contributed by atoms with E-state index in [2.05, 4.69) is 27.7 Å². The van der Waals surface area contributed by atoms with Crippen molar-refractivity contribution in [1.82, 2.24) is 15.1 Å². The molecule has 2 atom stereocenters. The van der Waals surface area contributed by atoms with Gasteiger partial charge in [-0.3, -0.25) is 4.90 Å². The van der Waals surface area contributed by atoms with Gasteiger partial charge < -0.3 is 15.0 Å². The van der Waals surface area contributed by atoms with Gasteiger partial charge in [-0.15, -0.1) is 11.3 Å². The van der Waals surface area contributed by atoms with Crippen LogP contribution in [0.15, 0.2) is 17.5 Å². The van der Waals surface area contributed by atoms with Gasteiger partial charge in [-0.25, -0.2) is 4.79 Å². The minimum atomic E-state index is 0.104. The molecule has 23 heavy (non-hydrogen) atoms. The van der Waals surface area contributed by atoms with E-state index < -0.39 is 0 Å². The summed E-state index contributed by atoms with van der Waals surface area (Å²) in [6.45, 7) is 5.32. The zero-order chi connectivity index (χ0) is 16.1. The number of piperidine rings is 1. The summed E-state index contributed by atoms with van der Waals surface area (Å²) in [4.78, 5) is 18.4. The maximum atomic E-state index is 12.5. The number of carbonyl (C=O) groups is 1. The first-order valence-electron chi connectivity index (χ1n) is 8.54. The Morgan fingerprint density at radius 1 is 1.39 bits per heavy atom. The molecule has 1 aromatic heterocycles. The van der Waals surface area contributed by atoms with E-state index in [1.54, 1.807) is 18.4 Å². The van der Waals surface area contributed by atoms with Gasteiger partial charge in [0.05, 0.1) is 6.61 Å². The molecule has 0 radical (unpaired) electrons. The maximum Gasteiger partial charge on any atom is 0.317 e. The third-order valence-corrected chi connectivity index (χ3v) is 5.86. The van der Waals surface area contributed by atoms with Crippen LogP contribution in [-0.2, 0) is 11.2 Å². The Bertz CT molecular complexity index is 494. The van der Waals surface area contributed by atoms with Gasteiger partial charge in [0.1, 0.15) is 0 Å². The average Bonchev–Trinajstić information content (AvgIpc) is 2.91. The van der Waals surface area contributed by atoms with Gasteiger partial charge in [-0.1, -0.05) is 6.07 Å². The van der Waals surface area contributed by atoms with Crippen LogP contribution in [0.25, 0.3) is 0 Å². The molecule has 2 amide bonds. The van der Waals surface area contributed by atoms with Crippen molar-refractivity contribution in [3.05, 3.63) is 22.4 Å².